The highest BCUT2D eigenvalue weighted by molar-refractivity contribution is 6.31. The highest BCUT2D eigenvalue weighted by atomic mass is 35.5. The van der Waals surface area contributed by atoms with Gasteiger partial charge >= 0.3 is 5.97 Å². The van der Waals surface area contributed by atoms with E-state index >= 15 is 0 Å². The molecule has 1 heterocycles. The van der Waals surface area contributed by atoms with E-state index in [0.717, 1.165) is 0 Å². The molecule has 0 fully saturated rings. The number of ether oxygens (including phenoxy) is 2. The Hall–Kier alpha value is -2.50. The second kappa shape index (κ2) is 7.40. The fourth-order valence-corrected chi connectivity index (χ4v) is 2.74. The van der Waals surface area contributed by atoms with Crippen LogP contribution in [-0.4, -0.2) is 19.2 Å². The number of benzene rings is 2. The highest BCUT2D eigenvalue weighted by Crippen LogP contribution is 2.33. The summed E-state index contributed by atoms with van der Waals surface area (Å²) < 4.78 is 16.2. The Balaban J connectivity index is 2.25. The second-order valence-electron chi connectivity index (χ2n) is 5.52. The minimum atomic E-state index is -0.995. The highest BCUT2D eigenvalue weighted by Gasteiger charge is 2.23. The molecule has 5 nitrogen and oxygen atoms in total. The van der Waals surface area contributed by atoms with Gasteiger partial charge in [-0.25, -0.2) is 4.79 Å². The number of fused-ring (bicyclic) bond motifs is 1. The third-order valence-electron chi connectivity index (χ3n) is 3.74. The van der Waals surface area contributed by atoms with Gasteiger partial charge in [-0.15, -0.1) is 0 Å². The summed E-state index contributed by atoms with van der Waals surface area (Å²) in [6.45, 7) is 1.49. The molecule has 3 rings (SSSR count). The van der Waals surface area contributed by atoms with Gasteiger partial charge in [0.15, 0.2) is 11.9 Å². The van der Waals surface area contributed by atoms with Gasteiger partial charge in [0.2, 0.25) is 11.2 Å². The number of methoxy groups -OCH3 is 1. The van der Waals surface area contributed by atoms with Crippen LogP contribution in [0.3, 0.4) is 0 Å². The molecule has 7 heteroatoms. The molecule has 0 spiro atoms. The topological polar surface area (TPSA) is 65.7 Å². The standard InChI is InChI=1S/C19H14Cl2O5/c1-10(19(23)24-2)25-18-16(22)14-9-13(21)7-8-15(14)26-17(18)11-3-5-12(20)6-4-11/h3-10H,1-2H3/t10-/m0/s1. The predicted octanol–water partition coefficient (Wildman–Crippen LogP) is 4.71. The Morgan fingerprint density at radius 1 is 1.08 bits per heavy atom. The van der Waals surface area contributed by atoms with Crippen LogP contribution in [0.25, 0.3) is 22.3 Å². The second-order valence-corrected chi connectivity index (χ2v) is 6.39. The van der Waals surface area contributed by atoms with Crippen LogP contribution in [0.4, 0.5) is 0 Å². The largest absolute Gasteiger partial charge is 0.471 e. The summed E-state index contributed by atoms with van der Waals surface area (Å²) in [4.78, 5) is 24.7. The molecule has 1 aromatic heterocycles. The summed E-state index contributed by atoms with van der Waals surface area (Å²) in [7, 11) is 1.24. The smallest absolute Gasteiger partial charge is 0.346 e. The normalized spacial score (nSPS) is 12.0. The molecule has 3 aromatic rings. The van der Waals surface area contributed by atoms with Gasteiger partial charge in [0.25, 0.3) is 0 Å². The van der Waals surface area contributed by atoms with Crippen molar-refractivity contribution in [3.05, 3.63) is 62.7 Å². The lowest BCUT2D eigenvalue weighted by Gasteiger charge is -2.15. The maximum atomic E-state index is 13.0. The van der Waals surface area contributed by atoms with Crippen LogP contribution in [0.2, 0.25) is 10.0 Å². The zero-order chi connectivity index (χ0) is 18.8. The molecule has 0 saturated heterocycles. The van der Waals surface area contributed by atoms with E-state index in [1.165, 1.54) is 20.1 Å². The Bertz CT molecular complexity index is 1020. The SMILES string of the molecule is COC(=O)[C@H](C)Oc1c(-c2ccc(Cl)cc2)oc2ccc(Cl)cc2c1=O. The van der Waals surface area contributed by atoms with Gasteiger partial charge in [0, 0.05) is 15.6 Å². The van der Waals surface area contributed by atoms with Gasteiger partial charge < -0.3 is 13.9 Å². The van der Waals surface area contributed by atoms with Crippen molar-refractivity contribution in [2.75, 3.05) is 7.11 Å². The molecule has 0 radical (unpaired) electrons. The van der Waals surface area contributed by atoms with Crippen LogP contribution in [-0.2, 0) is 9.53 Å². The van der Waals surface area contributed by atoms with Gasteiger partial charge in [0.05, 0.1) is 12.5 Å². The lowest BCUT2D eigenvalue weighted by molar-refractivity contribution is -0.147. The fourth-order valence-electron chi connectivity index (χ4n) is 2.44. The summed E-state index contributed by atoms with van der Waals surface area (Å²) >= 11 is 11.9. The van der Waals surface area contributed by atoms with Crippen LogP contribution < -0.4 is 10.2 Å². The molecule has 26 heavy (non-hydrogen) atoms. The zero-order valence-corrected chi connectivity index (χ0v) is 15.4. The summed E-state index contributed by atoms with van der Waals surface area (Å²) in [5, 5.41) is 1.17. The Morgan fingerprint density at radius 3 is 2.38 bits per heavy atom. The minimum Gasteiger partial charge on any atom is -0.471 e. The molecule has 134 valence electrons. The molecular formula is C19H14Cl2O5. The number of rotatable bonds is 4. The summed E-state index contributed by atoms with van der Waals surface area (Å²) in [6, 6.07) is 11.4. The van der Waals surface area contributed by atoms with Gasteiger partial charge in [0.1, 0.15) is 5.58 Å². The van der Waals surface area contributed by atoms with Crippen LogP contribution in [0.15, 0.2) is 51.7 Å². The van der Waals surface area contributed by atoms with Crippen molar-refractivity contribution in [1.29, 1.82) is 0 Å². The molecule has 0 aliphatic heterocycles. The first kappa shape index (κ1) is 18.3. The summed E-state index contributed by atoms with van der Waals surface area (Å²) in [6.07, 6.45) is -0.995. The Labute approximate surface area is 159 Å². The molecule has 0 N–H and O–H groups in total. The third kappa shape index (κ3) is 3.54. The lowest BCUT2D eigenvalue weighted by atomic mass is 10.1. The van der Waals surface area contributed by atoms with E-state index in [4.69, 9.17) is 32.4 Å². The van der Waals surface area contributed by atoms with Crippen LogP contribution in [0, 0.1) is 0 Å². The van der Waals surface area contributed by atoms with Gasteiger partial charge in [-0.05, 0) is 49.4 Å². The third-order valence-corrected chi connectivity index (χ3v) is 4.23. The first-order chi connectivity index (χ1) is 12.4. The van der Waals surface area contributed by atoms with Gasteiger partial charge in [-0.3, -0.25) is 4.79 Å². The van der Waals surface area contributed by atoms with Crippen LogP contribution >= 0.6 is 23.2 Å². The van der Waals surface area contributed by atoms with Crippen molar-refractivity contribution in [3.8, 4) is 17.1 Å². The van der Waals surface area contributed by atoms with Gasteiger partial charge in [-0.2, -0.15) is 0 Å². The first-order valence-electron chi connectivity index (χ1n) is 7.67. The molecule has 0 amide bonds. The van der Waals surface area contributed by atoms with E-state index in [1.807, 2.05) is 0 Å². The van der Waals surface area contributed by atoms with Crippen LogP contribution in [0.1, 0.15) is 6.92 Å². The van der Waals surface area contributed by atoms with E-state index in [1.54, 1.807) is 36.4 Å². The molecule has 2 aromatic carbocycles. The average molecular weight is 393 g/mol. The van der Waals surface area contributed by atoms with E-state index in [-0.39, 0.29) is 16.9 Å². The predicted molar refractivity (Wildman–Crippen MR) is 100 cm³/mol. The van der Waals surface area contributed by atoms with Crippen molar-refractivity contribution in [1.82, 2.24) is 0 Å². The quantitative estimate of drug-likeness (QED) is 0.601. The maximum absolute atomic E-state index is 13.0. The average Bonchev–Trinajstić information content (AvgIpc) is 2.64. The number of hydrogen-bond acceptors (Lipinski definition) is 5. The molecule has 0 saturated carbocycles. The van der Waals surface area contributed by atoms with Crippen molar-refractivity contribution < 1.29 is 18.7 Å². The number of hydrogen-bond donors (Lipinski definition) is 0. The number of carbonyl (C=O) groups excluding carboxylic acids is 1. The zero-order valence-electron chi connectivity index (χ0n) is 13.9. The van der Waals surface area contributed by atoms with Crippen LogP contribution in [0.5, 0.6) is 5.75 Å². The minimum absolute atomic E-state index is 0.0972. The molecule has 0 aliphatic carbocycles. The van der Waals surface area contributed by atoms with Crippen molar-refractivity contribution in [2.45, 2.75) is 13.0 Å². The Morgan fingerprint density at radius 2 is 1.73 bits per heavy atom. The number of halogens is 2. The molecule has 1 atom stereocenters. The molecule has 0 bridgehead atoms. The maximum Gasteiger partial charge on any atom is 0.346 e. The van der Waals surface area contributed by atoms with E-state index < -0.39 is 17.5 Å². The van der Waals surface area contributed by atoms with Gasteiger partial charge in [-0.1, -0.05) is 23.2 Å². The van der Waals surface area contributed by atoms with E-state index in [0.29, 0.717) is 21.2 Å². The summed E-state index contributed by atoms with van der Waals surface area (Å²) in [5.41, 5.74) is 0.493. The Kier molecular flexibility index (Phi) is 5.20. The fraction of sp³-hybridized carbons (Fsp3) is 0.158. The van der Waals surface area contributed by atoms with E-state index in [9.17, 15) is 9.59 Å². The van der Waals surface area contributed by atoms with E-state index in [2.05, 4.69) is 4.74 Å². The molecular weight excluding hydrogens is 379 g/mol. The van der Waals surface area contributed by atoms with Crippen molar-refractivity contribution >= 4 is 40.1 Å². The number of esters is 1. The molecule has 0 unspecified atom stereocenters. The van der Waals surface area contributed by atoms with Crippen molar-refractivity contribution in [2.24, 2.45) is 0 Å². The first-order valence-corrected chi connectivity index (χ1v) is 8.43. The number of carbonyl (C=O) groups is 1. The molecule has 0 aliphatic rings. The lowest BCUT2D eigenvalue weighted by Crippen LogP contribution is -2.27. The monoisotopic (exact) mass is 392 g/mol. The van der Waals surface area contributed by atoms with Crippen molar-refractivity contribution in [3.63, 3.8) is 0 Å². The summed E-state index contributed by atoms with van der Waals surface area (Å²) in [5.74, 6) is -0.519.